The number of nitrogens with zero attached hydrogens (tertiary/aromatic N) is 4. The number of ether oxygens (including phenoxy) is 1. The molecule has 3 N–H and O–H groups in total. The van der Waals surface area contributed by atoms with E-state index in [2.05, 4.69) is 25.4 Å². The second-order valence-corrected chi connectivity index (χ2v) is 7.58. The van der Waals surface area contributed by atoms with Crippen molar-refractivity contribution < 1.29 is 17.9 Å². The highest BCUT2D eigenvalue weighted by Gasteiger charge is 2.31. The Morgan fingerprint density at radius 2 is 1.87 bits per heavy atom. The average molecular weight is 432 g/mol. The highest BCUT2D eigenvalue weighted by Crippen LogP contribution is 2.34. The first-order chi connectivity index (χ1) is 14.7. The van der Waals surface area contributed by atoms with Crippen LogP contribution in [-0.2, 0) is 10.9 Å². The first-order valence-corrected chi connectivity index (χ1v) is 9.92. The molecular formula is C21H23F3N6O. The van der Waals surface area contributed by atoms with Gasteiger partial charge in [0.05, 0.1) is 47.9 Å². The van der Waals surface area contributed by atoms with E-state index in [1.807, 2.05) is 13.0 Å². The molecule has 0 bridgehead atoms. The zero-order valence-corrected chi connectivity index (χ0v) is 17.2. The molecule has 1 saturated heterocycles. The first-order valence-electron chi connectivity index (χ1n) is 9.92. The van der Waals surface area contributed by atoms with Crippen molar-refractivity contribution >= 4 is 28.1 Å². The Morgan fingerprint density at radius 1 is 1.13 bits per heavy atom. The number of aryl methyl sites for hydroxylation is 1. The van der Waals surface area contributed by atoms with Crippen LogP contribution in [0.3, 0.4) is 0 Å². The summed E-state index contributed by atoms with van der Waals surface area (Å²) in [5.41, 5.74) is 7.68. The number of alkyl halides is 3. The Hall–Kier alpha value is -3.14. The fourth-order valence-electron chi connectivity index (χ4n) is 3.63. The molecule has 31 heavy (non-hydrogen) atoms. The molecule has 3 heterocycles. The number of hydrogen-bond acceptors (Lipinski definition) is 7. The molecule has 0 aliphatic carbocycles. The summed E-state index contributed by atoms with van der Waals surface area (Å²) in [7, 11) is 0. The molecule has 1 atom stereocenters. The van der Waals surface area contributed by atoms with Crippen molar-refractivity contribution in [3.63, 3.8) is 0 Å². The van der Waals surface area contributed by atoms with Crippen molar-refractivity contribution in [1.82, 2.24) is 15.2 Å². The minimum Gasteiger partial charge on any atom is -0.399 e. The number of pyridine rings is 1. The maximum absolute atomic E-state index is 13.2. The van der Waals surface area contributed by atoms with Crippen molar-refractivity contribution in [3.8, 4) is 0 Å². The Labute approximate surface area is 177 Å². The Bertz CT molecular complexity index is 1100. The number of hydrogen-bond donors (Lipinski definition) is 2. The second kappa shape index (κ2) is 8.18. The molecule has 4 rings (SSSR count). The zero-order valence-electron chi connectivity index (χ0n) is 17.2. The third-order valence-corrected chi connectivity index (χ3v) is 5.31. The van der Waals surface area contributed by atoms with Crippen LogP contribution in [0.2, 0.25) is 0 Å². The van der Waals surface area contributed by atoms with E-state index in [-0.39, 0.29) is 5.69 Å². The van der Waals surface area contributed by atoms with Crippen LogP contribution >= 0.6 is 0 Å². The summed E-state index contributed by atoms with van der Waals surface area (Å²) in [6, 6.07) is 5.03. The molecule has 164 valence electrons. The van der Waals surface area contributed by atoms with Gasteiger partial charge in [0.25, 0.3) is 0 Å². The van der Waals surface area contributed by atoms with Crippen molar-refractivity contribution in [2.45, 2.75) is 26.1 Å². The number of morpholine rings is 1. The summed E-state index contributed by atoms with van der Waals surface area (Å²) in [5, 5.41) is 12.3. The highest BCUT2D eigenvalue weighted by atomic mass is 19.4. The maximum atomic E-state index is 13.2. The number of aromatic nitrogens is 3. The van der Waals surface area contributed by atoms with Gasteiger partial charge in [0.1, 0.15) is 0 Å². The van der Waals surface area contributed by atoms with Crippen molar-refractivity contribution in [1.29, 1.82) is 0 Å². The van der Waals surface area contributed by atoms with E-state index in [4.69, 9.17) is 10.5 Å². The van der Waals surface area contributed by atoms with E-state index in [1.165, 1.54) is 6.07 Å². The number of benzene rings is 1. The number of nitrogens with two attached hydrogens (primary N) is 1. The molecule has 0 radical (unpaired) electrons. The maximum Gasteiger partial charge on any atom is 0.416 e. The van der Waals surface area contributed by atoms with Gasteiger partial charge >= 0.3 is 6.18 Å². The average Bonchev–Trinajstić information content (AvgIpc) is 2.75. The molecule has 10 heteroatoms. The van der Waals surface area contributed by atoms with Crippen LogP contribution in [-0.4, -0.2) is 41.5 Å². The first kappa shape index (κ1) is 21.1. The zero-order chi connectivity index (χ0) is 22.2. The van der Waals surface area contributed by atoms with Crippen LogP contribution in [0.5, 0.6) is 0 Å². The molecule has 1 unspecified atom stereocenters. The van der Waals surface area contributed by atoms with E-state index in [0.29, 0.717) is 35.8 Å². The van der Waals surface area contributed by atoms with Gasteiger partial charge in [-0.05, 0) is 43.7 Å². The molecule has 2 aromatic heterocycles. The van der Waals surface area contributed by atoms with Gasteiger partial charge in [-0.15, -0.1) is 5.10 Å². The third-order valence-electron chi connectivity index (χ3n) is 5.31. The van der Waals surface area contributed by atoms with Gasteiger partial charge < -0.3 is 20.7 Å². The van der Waals surface area contributed by atoms with Crippen LogP contribution in [0.15, 0.2) is 30.5 Å². The van der Waals surface area contributed by atoms with Crippen LogP contribution in [0, 0.1) is 6.92 Å². The van der Waals surface area contributed by atoms with Gasteiger partial charge in [0.2, 0.25) is 0 Å². The lowest BCUT2D eigenvalue weighted by molar-refractivity contribution is -0.137. The number of anilines is 3. The third kappa shape index (κ3) is 4.48. The lowest BCUT2D eigenvalue weighted by Crippen LogP contribution is -2.36. The van der Waals surface area contributed by atoms with Crippen molar-refractivity contribution in [3.05, 3.63) is 47.3 Å². The van der Waals surface area contributed by atoms with E-state index in [0.717, 1.165) is 36.3 Å². The van der Waals surface area contributed by atoms with Gasteiger partial charge in [0, 0.05) is 24.2 Å². The summed E-state index contributed by atoms with van der Waals surface area (Å²) in [6.45, 7) is 6.37. The minimum absolute atomic E-state index is 0.0505. The molecule has 1 fully saturated rings. The van der Waals surface area contributed by atoms with Crippen LogP contribution < -0.4 is 16.0 Å². The fraction of sp³-hybridized carbons (Fsp3) is 0.381. The van der Waals surface area contributed by atoms with E-state index >= 15 is 0 Å². The Morgan fingerprint density at radius 3 is 2.58 bits per heavy atom. The highest BCUT2D eigenvalue weighted by molar-refractivity contribution is 5.92. The predicted octanol–water partition coefficient (Wildman–Crippen LogP) is 3.94. The predicted molar refractivity (Wildman–Crippen MR) is 113 cm³/mol. The van der Waals surface area contributed by atoms with E-state index in [1.54, 1.807) is 13.1 Å². The SMILES string of the molecule is Cc1nnc(NC(C)c2cc(N)cc(C(F)(F)F)c2)c2cc(N3CCOCC3)cnc12. The second-order valence-electron chi connectivity index (χ2n) is 7.58. The summed E-state index contributed by atoms with van der Waals surface area (Å²) in [5.74, 6) is 0.451. The summed E-state index contributed by atoms with van der Waals surface area (Å²) >= 11 is 0. The van der Waals surface area contributed by atoms with Crippen LogP contribution in [0.4, 0.5) is 30.4 Å². The summed E-state index contributed by atoms with van der Waals surface area (Å²) in [4.78, 5) is 6.74. The topological polar surface area (TPSA) is 89.2 Å². The largest absolute Gasteiger partial charge is 0.416 e. The molecule has 0 saturated carbocycles. The molecule has 3 aromatic rings. The summed E-state index contributed by atoms with van der Waals surface area (Å²) < 4.78 is 45.0. The standard InChI is InChI=1S/C21H23F3N6O/c1-12(14-7-15(21(22,23)24)9-16(25)8-14)27-20-18-10-17(30-3-5-31-6-4-30)11-26-19(18)13(2)28-29-20/h7-12H,3-6,25H2,1-2H3,(H,27,29). The molecule has 0 spiro atoms. The Kier molecular flexibility index (Phi) is 5.57. The number of nitrogen functional groups attached to an aromatic ring is 1. The van der Waals surface area contributed by atoms with Gasteiger partial charge in [-0.1, -0.05) is 0 Å². The molecular weight excluding hydrogens is 409 g/mol. The molecule has 0 amide bonds. The van der Waals surface area contributed by atoms with Crippen LogP contribution in [0.1, 0.15) is 29.8 Å². The van der Waals surface area contributed by atoms with Crippen molar-refractivity contribution in [2.24, 2.45) is 0 Å². The lowest BCUT2D eigenvalue weighted by atomic mass is 10.0. The molecule has 1 aliphatic rings. The minimum atomic E-state index is -4.48. The Balaban J connectivity index is 1.69. The fourth-order valence-corrected chi connectivity index (χ4v) is 3.63. The molecule has 1 aliphatic heterocycles. The monoisotopic (exact) mass is 432 g/mol. The number of rotatable bonds is 4. The van der Waals surface area contributed by atoms with E-state index in [9.17, 15) is 13.2 Å². The van der Waals surface area contributed by atoms with E-state index < -0.39 is 17.8 Å². The number of halogens is 3. The smallest absolute Gasteiger partial charge is 0.399 e. The normalized spacial score (nSPS) is 15.8. The van der Waals surface area contributed by atoms with Gasteiger partial charge in [-0.3, -0.25) is 4.98 Å². The lowest BCUT2D eigenvalue weighted by Gasteiger charge is -2.28. The molecule has 7 nitrogen and oxygen atoms in total. The van der Waals surface area contributed by atoms with Crippen molar-refractivity contribution in [2.75, 3.05) is 42.3 Å². The summed E-state index contributed by atoms with van der Waals surface area (Å²) in [6.07, 6.45) is -2.68. The quantitative estimate of drug-likeness (QED) is 0.604. The molecule has 1 aromatic carbocycles. The van der Waals surface area contributed by atoms with Gasteiger partial charge in [0.15, 0.2) is 5.82 Å². The number of nitrogens with one attached hydrogen (secondary N) is 1. The van der Waals surface area contributed by atoms with Crippen LogP contribution in [0.25, 0.3) is 10.9 Å². The van der Waals surface area contributed by atoms with Gasteiger partial charge in [-0.25, -0.2) is 0 Å². The number of fused-ring (bicyclic) bond motifs is 1. The van der Waals surface area contributed by atoms with Gasteiger partial charge in [-0.2, -0.15) is 18.3 Å².